The predicted octanol–water partition coefficient (Wildman–Crippen LogP) is 2.29. The molecule has 1 heterocycles. The first-order chi connectivity index (χ1) is 9.75. The van der Waals surface area contributed by atoms with Gasteiger partial charge in [-0.05, 0) is 34.4 Å². The highest BCUT2D eigenvalue weighted by Crippen LogP contribution is 2.41. The molecule has 1 aliphatic carbocycles. The van der Waals surface area contributed by atoms with Crippen LogP contribution in [0.5, 0.6) is 0 Å². The van der Waals surface area contributed by atoms with Crippen LogP contribution in [0, 0.1) is 0 Å². The van der Waals surface area contributed by atoms with E-state index < -0.39 is 5.97 Å². The Kier molecular flexibility index (Phi) is 2.12. The molecule has 5 heteroatoms. The van der Waals surface area contributed by atoms with Gasteiger partial charge in [0, 0.05) is 10.9 Å². The van der Waals surface area contributed by atoms with E-state index in [1.807, 2.05) is 24.3 Å². The van der Waals surface area contributed by atoms with Gasteiger partial charge in [-0.1, -0.05) is 24.3 Å². The van der Waals surface area contributed by atoms with Crippen LogP contribution < -0.4 is 0 Å². The van der Waals surface area contributed by atoms with E-state index in [9.17, 15) is 9.90 Å². The highest BCUT2D eigenvalue weighted by molar-refractivity contribution is 6.05. The van der Waals surface area contributed by atoms with Crippen LogP contribution in [0.4, 0.5) is 0 Å². The summed E-state index contributed by atoms with van der Waals surface area (Å²) in [5, 5.41) is 21.7. The molecular weight excluding hydrogens is 254 g/mol. The first-order valence-corrected chi connectivity index (χ1v) is 6.21. The lowest BCUT2D eigenvalue weighted by Gasteiger charge is -2.07. The Morgan fingerprint density at radius 1 is 1.25 bits per heavy atom. The van der Waals surface area contributed by atoms with Gasteiger partial charge in [-0.2, -0.15) is 0 Å². The summed E-state index contributed by atoms with van der Waals surface area (Å²) in [6, 6.07) is 9.54. The number of carbonyl (C=O) groups is 1. The summed E-state index contributed by atoms with van der Waals surface area (Å²) in [4.78, 5) is 11.5. The van der Waals surface area contributed by atoms with Gasteiger partial charge in [-0.15, -0.1) is 10.2 Å². The highest BCUT2D eigenvalue weighted by Gasteiger charge is 2.26. The summed E-state index contributed by atoms with van der Waals surface area (Å²) >= 11 is 0. The first kappa shape index (κ1) is 11.0. The molecule has 0 aliphatic heterocycles. The molecule has 5 nitrogen and oxygen atoms in total. The summed E-state index contributed by atoms with van der Waals surface area (Å²) in [6.07, 6.45) is 2.17. The van der Waals surface area contributed by atoms with Crippen LogP contribution in [0.1, 0.15) is 21.5 Å². The molecule has 0 amide bonds. The molecule has 0 unspecified atom stereocenters. The third-order valence-electron chi connectivity index (χ3n) is 3.71. The van der Waals surface area contributed by atoms with Crippen molar-refractivity contribution in [1.29, 1.82) is 0 Å². The molecule has 0 saturated heterocycles. The van der Waals surface area contributed by atoms with Gasteiger partial charge >= 0.3 is 5.97 Å². The zero-order valence-electron chi connectivity index (χ0n) is 10.4. The monoisotopic (exact) mass is 263 g/mol. The fourth-order valence-electron chi connectivity index (χ4n) is 2.87. The van der Waals surface area contributed by atoms with E-state index in [1.54, 1.807) is 12.3 Å². The number of rotatable bonds is 1. The van der Waals surface area contributed by atoms with Crippen molar-refractivity contribution in [1.82, 2.24) is 15.4 Å². The van der Waals surface area contributed by atoms with Gasteiger partial charge in [-0.25, -0.2) is 4.79 Å². The van der Waals surface area contributed by atoms with Crippen LogP contribution in [-0.2, 0) is 6.42 Å². The third-order valence-corrected chi connectivity index (χ3v) is 3.71. The Morgan fingerprint density at radius 2 is 2.10 bits per heavy atom. The Labute approximate surface area is 113 Å². The summed E-state index contributed by atoms with van der Waals surface area (Å²) < 4.78 is 0. The van der Waals surface area contributed by atoms with Crippen molar-refractivity contribution in [3.05, 3.63) is 53.2 Å². The fourth-order valence-corrected chi connectivity index (χ4v) is 2.87. The molecule has 0 radical (unpaired) electrons. The zero-order valence-corrected chi connectivity index (χ0v) is 10.4. The lowest BCUT2D eigenvalue weighted by atomic mass is 9.98. The van der Waals surface area contributed by atoms with Gasteiger partial charge in [0.1, 0.15) is 5.52 Å². The van der Waals surface area contributed by atoms with E-state index in [4.69, 9.17) is 0 Å². The van der Waals surface area contributed by atoms with Gasteiger partial charge in [0.2, 0.25) is 0 Å². The minimum atomic E-state index is -0.923. The Morgan fingerprint density at radius 3 is 2.95 bits per heavy atom. The number of aromatic nitrogens is 3. The molecule has 1 aliphatic rings. The first-order valence-electron chi connectivity index (χ1n) is 6.21. The van der Waals surface area contributed by atoms with Gasteiger partial charge in [0.15, 0.2) is 0 Å². The lowest BCUT2D eigenvalue weighted by molar-refractivity contribution is 0.0696. The van der Waals surface area contributed by atoms with Crippen molar-refractivity contribution < 1.29 is 9.90 Å². The number of carboxylic acids is 1. The molecule has 0 bridgehead atoms. The number of hydrogen-bond acceptors (Lipinski definition) is 4. The summed E-state index contributed by atoms with van der Waals surface area (Å²) in [6.45, 7) is 0. The Hall–Kier alpha value is -2.82. The molecule has 20 heavy (non-hydrogen) atoms. The van der Waals surface area contributed by atoms with Crippen molar-refractivity contribution in [2.75, 3.05) is 0 Å². The molecular formula is C15H9N3O2. The topological polar surface area (TPSA) is 76.0 Å². The molecule has 1 aromatic heterocycles. The van der Waals surface area contributed by atoms with Gasteiger partial charge < -0.3 is 5.11 Å². The number of benzene rings is 2. The van der Waals surface area contributed by atoms with Crippen LogP contribution in [0.2, 0.25) is 0 Å². The molecule has 1 N–H and O–H groups in total. The summed E-state index contributed by atoms with van der Waals surface area (Å²) in [5.74, 6) is -0.923. The van der Waals surface area contributed by atoms with Crippen molar-refractivity contribution in [2.45, 2.75) is 6.42 Å². The van der Waals surface area contributed by atoms with Crippen molar-refractivity contribution in [2.24, 2.45) is 0 Å². The van der Waals surface area contributed by atoms with E-state index in [2.05, 4.69) is 15.4 Å². The van der Waals surface area contributed by atoms with Crippen LogP contribution in [-0.4, -0.2) is 26.5 Å². The number of fused-ring (bicyclic) bond motifs is 5. The molecule has 3 aromatic rings. The second-order valence-corrected chi connectivity index (χ2v) is 4.79. The third kappa shape index (κ3) is 1.37. The quantitative estimate of drug-likeness (QED) is 0.570. The van der Waals surface area contributed by atoms with Crippen molar-refractivity contribution in [3.8, 4) is 11.1 Å². The largest absolute Gasteiger partial charge is 0.478 e. The zero-order chi connectivity index (χ0) is 13.7. The van der Waals surface area contributed by atoms with Gasteiger partial charge in [0.25, 0.3) is 0 Å². The maximum absolute atomic E-state index is 11.5. The Bertz CT molecular complexity index is 874. The van der Waals surface area contributed by atoms with E-state index in [-0.39, 0.29) is 0 Å². The minimum Gasteiger partial charge on any atom is -0.478 e. The van der Waals surface area contributed by atoms with E-state index in [1.165, 1.54) is 0 Å². The summed E-state index contributed by atoms with van der Waals surface area (Å²) in [7, 11) is 0. The van der Waals surface area contributed by atoms with Crippen LogP contribution in [0.25, 0.3) is 22.0 Å². The average Bonchev–Trinajstić information content (AvgIpc) is 2.85. The van der Waals surface area contributed by atoms with Crippen LogP contribution in [0.15, 0.2) is 36.5 Å². The molecule has 2 aromatic carbocycles. The highest BCUT2D eigenvalue weighted by atomic mass is 16.4. The number of carboxylic acid groups (broad SMARTS) is 1. The van der Waals surface area contributed by atoms with Crippen molar-refractivity contribution in [3.63, 3.8) is 0 Å². The van der Waals surface area contributed by atoms with E-state index in [0.717, 1.165) is 22.3 Å². The molecule has 0 spiro atoms. The maximum atomic E-state index is 11.5. The average molecular weight is 263 g/mol. The second-order valence-electron chi connectivity index (χ2n) is 4.79. The van der Waals surface area contributed by atoms with Crippen LogP contribution in [0.3, 0.4) is 0 Å². The number of aromatic carboxylic acids is 1. The molecule has 0 saturated carbocycles. The summed E-state index contributed by atoms with van der Waals surface area (Å²) in [5.41, 5.74) is 4.88. The fraction of sp³-hybridized carbons (Fsp3) is 0.0667. The van der Waals surface area contributed by atoms with E-state index >= 15 is 0 Å². The van der Waals surface area contributed by atoms with Crippen LogP contribution >= 0.6 is 0 Å². The molecule has 0 atom stereocenters. The SMILES string of the molecule is O=C(O)c1cc2cnnnc2c2c1Cc1ccccc1-2. The minimum absolute atomic E-state index is 0.318. The predicted molar refractivity (Wildman–Crippen MR) is 72.5 cm³/mol. The van der Waals surface area contributed by atoms with Crippen molar-refractivity contribution >= 4 is 16.9 Å². The normalized spacial score (nSPS) is 12.2. The molecule has 96 valence electrons. The molecule has 4 rings (SSSR count). The molecule has 0 fully saturated rings. The maximum Gasteiger partial charge on any atom is 0.336 e. The lowest BCUT2D eigenvalue weighted by Crippen LogP contribution is -2.03. The van der Waals surface area contributed by atoms with Gasteiger partial charge in [-0.3, -0.25) is 0 Å². The number of nitrogens with zero attached hydrogens (tertiary/aromatic N) is 3. The smallest absolute Gasteiger partial charge is 0.336 e. The van der Waals surface area contributed by atoms with E-state index in [0.29, 0.717) is 22.9 Å². The van der Waals surface area contributed by atoms with Gasteiger partial charge in [0.05, 0.1) is 11.8 Å². The Balaban J connectivity index is 2.19. The second kappa shape index (κ2) is 3.84. The number of hydrogen-bond donors (Lipinski definition) is 1. The standard InChI is InChI=1S/C15H9N3O2/c19-15(20)12-6-9-7-16-18-17-14(9)13-10-4-2-1-3-8(10)5-11(12)13/h1-4,6-7H,5H2,(H,19,20).